The van der Waals surface area contributed by atoms with Crippen LogP contribution in [-0.4, -0.2) is 21.1 Å². The van der Waals surface area contributed by atoms with E-state index in [1.165, 1.54) is 15.9 Å². The quantitative estimate of drug-likeness (QED) is 0.581. The summed E-state index contributed by atoms with van der Waals surface area (Å²) in [6.07, 6.45) is 3.23. The molecule has 8 heteroatoms. The number of amides is 1. The van der Waals surface area contributed by atoms with E-state index in [-0.39, 0.29) is 35.0 Å². The van der Waals surface area contributed by atoms with Gasteiger partial charge in [0.05, 0.1) is 12.1 Å². The Kier molecular flexibility index (Phi) is 6.86. The summed E-state index contributed by atoms with van der Waals surface area (Å²) >= 11 is 7.69. The second kappa shape index (κ2) is 9.63. The van der Waals surface area contributed by atoms with Crippen molar-refractivity contribution in [2.75, 3.05) is 0 Å². The van der Waals surface area contributed by atoms with E-state index in [0.29, 0.717) is 28.3 Å². The predicted octanol–water partition coefficient (Wildman–Crippen LogP) is 4.26. The van der Waals surface area contributed by atoms with Crippen molar-refractivity contribution in [2.24, 2.45) is 11.8 Å². The molecule has 0 bridgehead atoms. The number of carbonyl (C=O) groups excluding carboxylic acids is 1. The van der Waals surface area contributed by atoms with E-state index in [2.05, 4.69) is 5.32 Å². The maximum absolute atomic E-state index is 13.4. The number of hydrogen-bond donors (Lipinski definition) is 1. The maximum atomic E-state index is 13.4. The minimum absolute atomic E-state index is 0.0158. The number of benzene rings is 1. The lowest BCUT2D eigenvalue weighted by Gasteiger charge is -2.28. The fourth-order valence-electron chi connectivity index (χ4n) is 4.51. The topological polar surface area (TPSA) is 73.1 Å². The molecule has 1 fully saturated rings. The molecule has 1 aliphatic carbocycles. The molecule has 170 valence electrons. The predicted molar refractivity (Wildman–Crippen MR) is 130 cm³/mol. The molecular formula is C24H28ClN3O3S. The first-order valence-electron chi connectivity index (χ1n) is 11.1. The minimum Gasteiger partial charge on any atom is -0.354 e. The Morgan fingerprint density at radius 3 is 2.53 bits per heavy atom. The zero-order valence-electron chi connectivity index (χ0n) is 18.3. The number of rotatable bonds is 6. The van der Waals surface area contributed by atoms with Crippen molar-refractivity contribution >= 4 is 39.1 Å². The lowest BCUT2D eigenvalue weighted by molar-refractivity contribution is -0.126. The van der Waals surface area contributed by atoms with Crippen LogP contribution in [0.5, 0.6) is 0 Å². The lowest BCUT2D eigenvalue weighted by Crippen LogP contribution is -2.42. The molecule has 0 radical (unpaired) electrons. The van der Waals surface area contributed by atoms with Gasteiger partial charge in [-0.15, -0.1) is 11.3 Å². The van der Waals surface area contributed by atoms with Crippen molar-refractivity contribution < 1.29 is 4.79 Å². The highest BCUT2D eigenvalue weighted by atomic mass is 35.5. The van der Waals surface area contributed by atoms with Crippen LogP contribution in [0.15, 0.2) is 45.3 Å². The Bertz CT molecular complexity index is 1240. The van der Waals surface area contributed by atoms with Crippen molar-refractivity contribution in [1.82, 2.24) is 14.5 Å². The fourth-order valence-corrected chi connectivity index (χ4v) is 5.55. The number of thiophene rings is 1. The Balaban J connectivity index is 1.59. The van der Waals surface area contributed by atoms with Crippen LogP contribution < -0.4 is 16.6 Å². The molecule has 1 aliphatic rings. The van der Waals surface area contributed by atoms with E-state index < -0.39 is 0 Å². The molecule has 6 nitrogen and oxygen atoms in total. The summed E-state index contributed by atoms with van der Waals surface area (Å²) in [6.45, 7) is 4.62. The standard InChI is InChI=1S/C24H28ClN3O3S/c1-15(2)26-22(29)17-9-7-16(8-10-17)13-28-23(30)21-20(11-12-32-21)27(24(28)31)14-18-5-3-4-6-19(18)25/h3-6,11-12,15-17H,7-10,13-14H2,1-2H3,(H,26,29). The minimum atomic E-state index is -0.305. The van der Waals surface area contributed by atoms with Crippen LogP contribution in [0, 0.1) is 11.8 Å². The molecule has 1 amide bonds. The smallest absolute Gasteiger partial charge is 0.331 e. The van der Waals surface area contributed by atoms with Crippen LogP contribution in [0.3, 0.4) is 0 Å². The number of hydrogen-bond acceptors (Lipinski definition) is 4. The van der Waals surface area contributed by atoms with E-state index in [0.717, 1.165) is 31.2 Å². The summed E-state index contributed by atoms with van der Waals surface area (Å²) in [5.41, 5.74) is 0.955. The normalized spacial score (nSPS) is 18.9. The highest BCUT2D eigenvalue weighted by Crippen LogP contribution is 2.30. The summed E-state index contributed by atoms with van der Waals surface area (Å²) < 4.78 is 3.62. The van der Waals surface area contributed by atoms with Crippen molar-refractivity contribution in [2.45, 2.75) is 58.7 Å². The van der Waals surface area contributed by atoms with Gasteiger partial charge in [-0.05, 0) is 68.5 Å². The van der Waals surface area contributed by atoms with Gasteiger partial charge >= 0.3 is 5.69 Å². The van der Waals surface area contributed by atoms with Gasteiger partial charge in [0.25, 0.3) is 5.56 Å². The maximum Gasteiger partial charge on any atom is 0.331 e. The summed E-state index contributed by atoms with van der Waals surface area (Å²) in [6, 6.07) is 9.40. The second-order valence-corrected chi connectivity index (χ2v) is 10.2. The van der Waals surface area contributed by atoms with Crippen LogP contribution in [0.25, 0.3) is 10.2 Å². The first-order valence-corrected chi connectivity index (χ1v) is 12.4. The van der Waals surface area contributed by atoms with Crippen molar-refractivity contribution in [3.05, 3.63) is 67.1 Å². The van der Waals surface area contributed by atoms with Crippen molar-refractivity contribution in [3.63, 3.8) is 0 Å². The molecule has 0 aliphatic heterocycles. The number of halogens is 1. The molecule has 1 aromatic carbocycles. The zero-order valence-corrected chi connectivity index (χ0v) is 19.9. The zero-order chi connectivity index (χ0) is 22.8. The molecule has 4 rings (SSSR count). The molecule has 2 heterocycles. The number of carbonyl (C=O) groups is 1. The van der Waals surface area contributed by atoms with Gasteiger partial charge in [0.15, 0.2) is 0 Å². The second-order valence-electron chi connectivity index (χ2n) is 8.89. The molecular weight excluding hydrogens is 446 g/mol. The van der Waals surface area contributed by atoms with Crippen LogP contribution in [0.2, 0.25) is 5.02 Å². The third-order valence-corrected chi connectivity index (χ3v) is 7.47. The summed E-state index contributed by atoms with van der Waals surface area (Å²) in [7, 11) is 0. The van der Waals surface area contributed by atoms with Crippen LogP contribution in [0.4, 0.5) is 0 Å². The Hall–Kier alpha value is -2.38. The molecule has 0 unspecified atom stereocenters. The number of nitrogens with one attached hydrogen (secondary N) is 1. The van der Waals surface area contributed by atoms with Crippen LogP contribution in [-0.2, 0) is 17.9 Å². The van der Waals surface area contributed by atoms with Crippen LogP contribution in [0.1, 0.15) is 45.1 Å². The molecule has 1 saturated carbocycles. The molecule has 0 atom stereocenters. The molecule has 0 saturated heterocycles. The first-order chi connectivity index (χ1) is 15.3. The van der Waals surface area contributed by atoms with E-state index in [1.807, 2.05) is 43.5 Å². The molecule has 3 aromatic rings. The van der Waals surface area contributed by atoms with Crippen molar-refractivity contribution in [1.29, 1.82) is 0 Å². The third kappa shape index (κ3) is 4.69. The average Bonchev–Trinajstić information content (AvgIpc) is 3.25. The monoisotopic (exact) mass is 473 g/mol. The summed E-state index contributed by atoms with van der Waals surface area (Å²) in [4.78, 5) is 38.8. The molecule has 2 aromatic heterocycles. The van der Waals surface area contributed by atoms with Gasteiger partial charge in [-0.1, -0.05) is 29.8 Å². The van der Waals surface area contributed by atoms with E-state index >= 15 is 0 Å². The molecule has 1 N–H and O–H groups in total. The van der Waals surface area contributed by atoms with E-state index in [9.17, 15) is 14.4 Å². The summed E-state index contributed by atoms with van der Waals surface area (Å²) in [5, 5.41) is 5.43. The van der Waals surface area contributed by atoms with Gasteiger partial charge < -0.3 is 5.32 Å². The Morgan fingerprint density at radius 1 is 1.12 bits per heavy atom. The number of aromatic nitrogens is 2. The van der Waals surface area contributed by atoms with Gasteiger partial charge in [-0.25, -0.2) is 4.79 Å². The van der Waals surface area contributed by atoms with E-state index in [4.69, 9.17) is 11.6 Å². The van der Waals surface area contributed by atoms with Gasteiger partial charge in [-0.3, -0.25) is 18.7 Å². The first kappa shape index (κ1) is 22.8. The highest BCUT2D eigenvalue weighted by molar-refractivity contribution is 7.17. The Labute approximate surface area is 195 Å². The Morgan fingerprint density at radius 2 is 1.84 bits per heavy atom. The van der Waals surface area contributed by atoms with Gasteiger partial charge in [0, 0.05) is 23.5 Å². The lowest BCUT2D eigenvalue weighted by atomic mass is 9.81. The van der Waals surface area contributed by atoms with Crippen LogP contribution >= 0.6 is 22.9 Å². The molecule has 32 heavy (non-hydrogen) atoms. The largest absolute Gasteiger partial charge is 0.354 e. The van der Waals surface area contributed by atoms with Crippen molar-refractivity contribution in [3.8, 4) is 0 Å². The number of nitrogens with zero attached hydrogens (tertiary/aromatic N) is 2. The van der Waals surface area contributed by atoms with E-state index in [1.54, 1.807) is 10.6 Å². The molecule has 0 spiro atoms. The van der Waals surface area contributed by atoms with Gasteiger partial charge in [0.1, 0.15) is 4.70 Å². The average molecular weight is 474 g/mol. The number of fused-ring (bicyclic) bond motifs is 1. The van der Waals surface area contributed by atoms with Gasteiger partial charge in [0.2, 0.25) is 5.91 Å². The third-order valence-electron chi connectivity index (χ3n) is 6.21. The fraction of sp³-hybridized carbons (Fsp3) is 0.458. The van der Waals surface area contributed by atoms with Gasteiger partial charge in [-0.2, -0.15) is 0 Å². The highest BCUT2D eigenvalue weighted by Gasteiger charge is 2.28. The SMILES string of the molecule is CC(C)NC(=O)C1CCC(Cn2c(=O)c3sccc3n(Cc3ccccc3Cl)c2=O)CC1. The summed E-state index contributed by atoms with van der Waals surface area (Å²) in [5.74, 6) is 0.328.